The molecule has 0 atom stereocenters. The van der Waals surface area contributed by atoms with Crippen LogP contribution in [0.3, 0.4) is 0 Å². The zero-order valence-corrected chi connectivity index (χ0v) is 15.2. The first-order valence-corrected chi connectivity index (χ1v) is 9.15. The second-order valence-electron chi connectivity index (χ2n) is 6.82. The number of nitrogens with one attached hydrogen (secondary N) is 1. The normalized spacial score (nSPS) is 15.1. The standard InChI is InChI=1S/C21H26FN3O/c1-17-3-2-4-20(15-17)25-13-11-24(12-14-25)10-9-21(26)23-16-18-5-7-19(22)8-6-18/h2-8,15H,9-14,16H2,1H3,(H,23,26). The number of piperazine rings is 1. The molecule has 1 aliphatic heterocycles. The number of hydrogen-bond donors (Lipinski definition) is 1. The Morgan fingerprint density at radius 3 is 2.50 bits per heavy atom. The Hall–Kier alpha value is -2.40. The van der Waals surface area contributed by atoms with Crippen LogP contribution in [0.2, 0.25) is 0 Å². The van der Waals surface area contributed by atoms with Gasteiger partial charge in [0.2, 0.25) is 5.91 Å². The molecule has 0 aliphatic carbocycles. The van der Waals surface area contributed by atoms with Crippen molar-refractivity contribution >= 4 is 11.6 Å². The highest BCUT2D eigenvalue weighted by atomic mass is 19.1. The maximum atomic E-state index is 12.9. The van der Waals surface area contributed by atoms with Gasteiger partial charge in [0.25, 0.3) is 0 Å². The van der Waals surface area contributed by atoms with Crippen LogP contribution < -0.4 is 10.2 Å². The van der Waals surface area contributed by atoms with Crippen molar-refractivity contribution in [3.63, 3.8) is 0 Å². The number of nitrogens with zero attached hydrogens (tertiary/aromatic N) is 2. The number of halogens is 1. The van der Waals surface area contributed by atoms with Crippen LogP contribution in [-0.4, -0.2) is 43.5 Å². The molecule has 1 heterocycles. The first-order valence-electron chi connectivity index (χ1n) is 9.15. The van der Waals surface area contributed by atoms with Gasteiger partial charge in [-0.05, 0) is 42.3 Å². The summed E-state index contributed by atoms with van der Waals surface area (Å²) in [4.78, 5) is 16.8. The predicted molar refractivity (Wildman–Crippen MR) is 103 cm³/mol. The molecule has 0 spiro atoms. The number of hydrogen-bond acceptors (Lipinski definition) is 3. The lowest BCUT2D eigenvalue weighted by molar-refractivity contribution is -0.121. The van der Waals surface area contributed by atoms with Gasteiger partial charge in [-0.15, -0.1) is 0 Å². The summed E-state index contributed by atoms with van der Waals surface area (Å²) in [7, 11) is 0. The third kappa shape index (κ3) is 5.30. The summed E-state index contributed by atoms with van der Waals surface area (Å²) in [6, 6.07) is 14.8. The van der Waals surface area contributed by atoms with Gasteiger partial charge in [0.15, 0.2) is 0 Å². The second kappa shape index (κ2) is 8.81. The number of benzene rings is 2. The molecule has 0 bridgehead atoms. The van der Waals surface area contributed by atoms with E-state index in [1.54, 1.807) is 12.1 Å². The molecule has 1 aliphatic rings. The number of rotatable bonds is 6. The Morgan fingerprint density at radius 2 is 1.81 bits per heavy atom. The summed E-state index contributed by atoms with van der Waals surface area (Å²) < 4.78 is 12.9. The number of carbonyl (C=O) groups excluding carboxylic acids is 1. The molecule has 26 heavy (non-hydrogen) atoms. The van der Waals surface area contributed by atoms with Crippen molar-refractivity contribution < 1.29 is 9.18 Å². The highest BCUT2D eigenvalue weighted by Crippen LogP contribution is 2.17. The molecule has 0 saturated carbocycles. The summed E-state index contributed by atoms with van der Waals surface area (Å²) in [6.07, 6.45) is 0.492. The van der Waals surface area contributed by atoms with Crippen LogP contribution in [-0.2, 0) is 11.3 Å². The predicted octanol–water partition coefficient (Wildman–Crippen LogP) is 2.96. The van der Waals surface area contributed by atoms with Gasteiger partial charge in [0, 0.05) is 51.4 Å². The molecule has 1 N–H and O–H groups in total. The molecule has 4 nitrogen and oxygen atoms in total. The molecule has 2 aromatic rings. The summed E-state index contributed by atoms with van der Waals surface area (Å²) in [5, 5.41) is 2.90. The minimum atomic E-state index is -0.259. The van der Waals surface area contributed by atoms with Gasteiger partial charge in [-0.2, -0.15) is 0 Å². The van der Waals surface area contributed by atoms with Crippen molar-refractivity contribution in [3.8, 4) is 0 Å². The van der Waals surface area contributed by atoms with Crippen LogP contribution in [0, 0.1) is 12.7 Å². The molecule has 1 amide bonds. The Labute approximate surface area is 154 Å². The number of amides is 1. The van der Waals surface area contributed by atoms with Crippen molar-refractivity contribution in [2.45, 2.75) is 19.9 Å². The Morgan fingerprint density at radius 1 is 1.08 bits per heavy atom. The van der Waals surface area contributed by atoms with E-state index in [-0.39, 0.29) is 11.7 Å². The lowest BCUT2D eigenvalue weighted by atomic mass is 10.2. The van der Waals surface area contributed by atoms with Gasteiger partial charge < -0.3 is 10.2 Å². The van der Waals surface area contributed by atoms with E-state index in [1.807, 2.05) is 0 Å². The van der Waals surface area contributed by atoms with Crippen molar-refractivity contribution in [3.05, 3.63) is 65.5 Å². The van der Waals surface area contributed by atoms with Crippen molar-refractivity contribution in [1.29, 1.82) is 0 Å². The zero-order valence-electron chi connectivity index (χ0n) is 15.2. The van der Waals surface area contributed by atoms with Crippen LogP contribution >= 0.6 is 0 Å². The summed E-state index contributed by atoms with van der Waals surface area (Å²) in [5.41, 5.74) is 3.47. The minimum absolute atomic E-state index is 0.0374. The Bertz CT molecular complexity index is 724. The van der Waals surface area contributed by atoms with E-state index in [0.29, 0.717) is 13.0 Å². The molecule has 0 aromatic heterocycles. The first kappa shape index (κ1) is 18.4. The molecule has 138 valence electrons. The summed E-state index contributed by atoms with van der Waals surface area (Å²) >= 11 is 0. The number of carbonyl (C=O) groups is 1. The van der Waals surface area contributed by atoms with E-state index < -0.39 is 0 Å². The zero-order chi connectivity index (χ0) is 18.4. The molecule has 5 heteroatoms. The monoisotopic (exact) mass is 355 g/mol. The lowest BCUT2D eigenvalue weighted by Gasteiger charge is -2.36. The van der Waals surface area contributed by atoms with E-state index >= 15 is 0 Å². The van der Waals surface area contributed by atoms with Gasteiger partial charge >= 0.3 is 0 Å². The van der Waals surface area contributed by atoms with Crippen molar-refractivity contribution in [1.82, 2.24) is 10.2 Å². The van der Waals surface area contributed by atoms with E-state index in [0.717, 1.165) is 38.3 Å². The van der Waals surface area contributed by atoms with Gasteiger partial charge in [-0.3, -0.25) is 9.69 Å². The van der Waals surface area contributed by atoms with Gasteiger partial charge in [0.05, 0.1) is 0 Å². The van der Waals surface area contributed by atoms with Gasteiger partial charge in [-0.25, -0.2) is 4.39 Å². The summed E-state index contributed by atoms with van der Waals surface area (Å²) in [6.45, 7) is 7.25. The summed E-state index contributed by atoms with van der Waals surface area (Å²) in [5.74, 6) is -0.222. The third-order valence-electron chi connectivity index (χ3n) is 4.80. The second-order valence-corrected chi connectivity index (χ2v) is 6.82. The van der Waals surface area contributed by atoms with Crippen LogP contribution in [0.5, 0.6) is 0 Å². The fourth-order valence-electron chi connectivity index (χ4n) is 3.21. The SMILES string of the molecule is Cc1cccc(N2CCN(CCC(=O)NCc3ccc(F)cc3)CC2)c1. The largest absolute Gasteiger partial charge is 0.369 e. The highest BCUT2D eigenvalue weighted by Gasteiger charge is 2.17. The highest BCUT2D eigenvalue weighted by molar-refractivity contribution is 5.76. The van der Waals surface area contributed by atoms with Gasteiger partial charge in [0.1, 0.15) is 5.82 Å². The lowest BCUT2D eigenvalue weighted by Crippen LogP contribution is -2.47. The van der Waals surface area contributed by atoms with Crippen molar-refractivity contribution in [2.24, 2.45) is 0 Å². The average Bonchev–Trinajstić information content (AvgIpc) is 2.66. The number of aryl methyl sites for hydroxylation is 1. The number of anilines is 1. The fraction of sp³-hybridized carbons (Fsp3) is 0.381. The molecule has 2 aromatic carbocycles. The van der Waals surface area contributed by atoms with E-state index in [9.17, 15) is 9.18 Å². The molecule has 3 rings (SSSR count). The van der Waals surface area contributed by atoms with E-state index in [2.05, 4.69) is 46.3 Å². The molecule has 1 fully saturated rings. The topological polar surface area (TPSA) is 35.6 Å². The Balaban J connectivity index is 1.36. The van der Waals surface area contributed by atoms with Crippen LogP contribution in [0.4, 0.5) is 10.1 Å². The molecule has 0 unspecified atom stereocenters. The maximum Gasteiger partial charge on any atom is 0.221 e. The van der Waals surface area contributed by atoms with Crippen LogP contribution in [0.1, 0.15) is 17.5 Å². The van der Waals surface area contributed by atoms with Gasteiger partial charge in [-0.1, -0.05) is 24.3 Å². The van der Waals surface area contributed by atoms with Crippen LogP contribution in [0.15, 0.2) is 48.5 Å². The Kier molecular flexibility index (Phi) is 6.23. The minimum Gasteiger partial charge on any atom is -0.369 e. The molecular weight excluding hydrogens is 329 g/mol. The fourth-order valence-corrected chi connectivity index (χ4v) is 3.21. The third-order valence-corrected chi connectivity index (χ3v) is 4.80. The van der Waals surface area contributed by atoms with Crippen molar-refractivity contribution in [2.75, 3.05) is 37.6 Å². The van der Waals surface area contributed by atoms with E-state index in [4.69, 9.17) is 0 Å². The smallest absolute Gasteiger partial charge is 0.221 e. The quantitative estimate of drug-likeness (QED) is 0.865. The maximum absolute atomic E-state index is 12.9. The van der Waals surface area contributed by atoms with E-state index in [1.165, 1.54) is 23.4 Å². The first-order chi connectivity index (χ1) is 12.6. The molecular formula is C21H26FN3O. The average molecular weight is 355 g/mol. The molecule has 0 radical (unpaired) electrons. The van der Waals surface area contributed by atoms with Crippen LogP contribution in [0.25, 0.3) is 0 Å². The molecule has 1 saturated heterocycles.